The van der Waals surface area contributed by atoms with Crippen LogP contribution in [0.5, 0.6) is 0 Å². The third-order valence-corrected chi connectivity index (χ3v) is 2.78. The van der Waals surface area contributed by atoms with Crippen molar-refractivity contribution in [1.29, 1.82) is 0 Å². The number of aliphatic hydroxyl groups is 2. The molecule has 0 saturated heterocycles. The van der Waals surface area contributed by atoms with Crippen molar-refractivity contribution in [2.24, 2.45) is 0 Å². The fourth-order valence-electron chi connectivity index (χ4n) is 1.18. The first kappa shape index (κ1) is 12.8. The van der Waals surface area contributed by atoms with Crippen molar-refractivity contribution in [1.82, 2.24) is 0 Å². The highest BCUT2D eigenvalue weighted by Gasteiger charge is 2.28. The average molecular weight is 244 g/mol. The van der Waals surface area contributed by atoms with Crippen LogP contribution >= 0.6 is 11.3 Å². The van der Waals surface area contributed by atoms with E-state index in [1.54, 1.807) is 6.92 Å². The Morgan fingerprint density at radius 2 is 2.25 bits per heavy atom. The standard InChI is InChI=1S/C10H12O5S/c1-2-15-10(14)9(13)8(12)7-5-16-4-6(7)3-11/h3-5,8-9,12-13H,2H2,1H3. The van der Waals surface area contributed by atoms with Crippen molar-refractivity contribution < 1.29 is 24.5 Å². The summed E-state index contributed by atoms with van der Waals surface area (Å²) in [5, 5.41) is 22.2. The first-order chi connectivity index (χ1) is 7.61. The zero-order valence-electron chi connectivity index (χ0n) is 8.62. The van der Waals surface area contributed by atoms with Gasteiger partial charge in [0.05, 0.1) is 6.61 Å². The molecule has 1 aromatic heterocycles. The number of hydrogen-bond donors (Lipinski definition) is 2. The van der Waals surface area contributed by atoms with Gasteiger partial charge in [0, 0.05) is 16.5 Å². The van der Waals surface area contributed by atoms with Gasteiger partial charge in [-0.15, -0.1) is 0 Å². The van der Waals surface area contributed by atoms with E-state index < -0.39 is 18.2 Å². The van der Waals surface area contributed by atoms with Gasteiger partial charge in [-0.05, 0) is 12.3 Å². The summed E-state index contributed by atoms with van der Waals surface area (Å²) in [6.45, 7) is 1.71. The van der Waals surface area contributed by atoms with E-state index in [9.17, 15) is 19.8 Å². The van der Waals surface area contributed by atoms with Crippen LogP contribution in [-0.4, -0.2) is 35.2 Å². The second-order valence-electron chi connectivity index (χ2n) is 3.04. The summed E-state index contributed by atoms with van der Waals surface area (Å²) in [6.07, 6.45) is -2.55. The summed E-state index contributed by atoms with van der Waals surface area (Å²) in [7, 11) is 0. The van der Waals surface area contributed by atoms with Gasteiger partial charge in [0.1, 0.15) is 6.10 Å². The molecule has 0 aromatic carbocycles. The van der Waals surface area contributed by atoms with Crippen molar-refractivity contribution in [2.45, 2.75) is 19.1 Å². The molecule has 1 rings (SSSR count). The monoisotopic (exact) mass is 244 g/mol. The van der Waals surface area contributed by atoms with Crippen molar-refractivity contribution in [3.05, 3.63) is 21.9 Å². The molecule has 0 spiro atoms. The highest BCUT2D eigenvalue weighted by Crippen LogP contribution is 2.24. The van der Waals surface area contributed by atoms with Gasteiger partial charge in [0.25, 0.3) is 0 Å². The topological polar surface area (TPSA) is 83.8 Å². The Hall–Kier alpha value is -1.24. The Kier molecular flexibility index (Phi) is 4.60. The molecule has 0 fully saturated rings. The SMILES string of the molecule is CCOC(=O)C(O)C(O)c1cscc1C=O. The number of aliphatic hydroxyl groups excluding tert-OH is 2. The van der Waals surface area contributed by atoms with Gasteiger partial charge in [-0.25, -0.2) is 4.79 Å². The molecule has 0 amide bonds. The Morgan fingerprint density at radius 1 is 1.56 bits per heavy atom. The zero-order valence-corrected chi connectivity index (χ0v) is 9.44. The molecule has 0 aliphatic heterocycles. The van der Waals surface area contributed by atoms with Crippen molar-refractivity contribution >= 4 is 23.6 Å². The van der Waals surface area contributed by atoms with E-state index in [1.807, 2.05) is 0 Å². The third-order valence-electron chi connectivity index (χ3n) is 2.00. The minimum atomic E-state index is -1.67. The molecule has 2 atom stereocenters. The number of carbonyl (C=O) groups excluding carboxylic acids is 2. The highest BCUT2D eigenvalue weighted by atomic mass is 32.1. The highest BCUT2D eigenvalue weighted by molar-refractivity contribution is 7.08. The second kappa shape index (κ2) is 5.74. The van der Waals surface area contributed by atoms with Crippen LogP contribution in [0.2, 0.25) is 0 Å². The van der Waals surface area contributed by atoms with E-state index in [0.717, 1.165) is 0 Å². The first-order valence-corrected chi connectivity index (χ1v) is 5.60. The first-order valence-electron chi connectivity index (χ1n) is 4.65. The molecule has 0 aliphatic rings. The lowest BCUT2D eigenvalue weighted by Crippen LogP contribution is -2.30. The van der Waals surface area contributed by atoms with Gasteiger partial charge >= 0.3 is 5.97 Å². The van der Waals surface area contributed by atoms with Gasteiger partial charge in [0.15, 0.2) is 12.4 Å². The van der Waals surface area contributed by atoms with Crippen molar-refractivity contribution in [3.8, 4) is 0 Å². The Bertz CT molecular complexity index is 373. The van der Waals surface area contributed by atoms with Gasteiger partial charge < -0.3 is 14.9 Å². The fraction of sp³-hybridized carbons (Fsp3) is 0.400. The number of thiophene rings is 1. The molecule has 0 radical (unpaired) electrons. The number of esters is 1. The molecule has 1 heterocycles. The van der Waals surface area contributed by atoms with Gasteiger partial charge in [0.2, 0.25) is 0 Å². The molecule has 6 heteroatoms. The van der Waals surface area contributed by atoms with E-state index in [0.29, 0.717) is 6.29 Å². The van der Waals surface area contributed by atoms with Gasteiger partial charge in [-0.3, -0.25) is 4.79 Å². The van der Waals surface area contributed by atoms with Crippen LogP contribution in [0.25, 0.3) is 0 Å². The quantitative estimate of drug-likeness (QED) is 0.582. The number of hydrogen-bond acceptors (Lipinski definition) is 6. The Labute approximate surface area is 96.3 Å². The summed E-state index contributed by atoms with van der Waals surface area (Å²) in [6, 6.07) is 0. The molecule has 2 unspecified atom stereocenters. The van der Waals surface area contributed by atoms with E-state index in [2.05, 4.69) is 4.74 Å². The van der Waals surface area contributed by atoms with Crippen LogP contribution in [0.15, 0.2) is 10.8 Å². The van der Waals surface area contributed by atoms with Crippen LogP contribution in [0.4, 0.5) is 0 Å². The molecular weight excluding hydrogens is 232 g/mol. The molecule has 0 bridgehead atoms. The van der Waals surface area contributed by atoms with Crippen LogP contribution in [0.1, 0.15) is 28.9 Å². The minimum Gasteiger partial charge on any atom is -0.464 e. The summed E-state index contributed by atoms with van der Waals surface area (Å²) in [5.41, 5.74) is 0.501. The van der Waals surface area contributed by atoms with E-state index in [4.69, 9.17) is 0 Å². The molecule has 16 heavy (non-hydrogen) atoms. The van der Waals surface area contributed by atoms with Crippen molar-refractivity contribution in [3.63, 3.8) is 0 Å². The second-order valence-corrected chi connectivity index (χ2v) is 3.79. The predicted molar refractivity (Wildman–Crippen MR) is 57.3 cm³/mol. The van der Waals surface area contributed by atoms with Crippen LogP contribution in [0.3, 0.4) is 0 Å². The van der Waals surface area contributed by atoms with Crippen LogP contribution in [-0.2, 0) is 9.53 Å². The van der Waals surface area contributed by atoms with E-state index in [-0.39, 0.29) is 17.7 Å². The van der Waals surface area contributed by atoms with E-state index >= 15 is 0 Å². The lowest BCUT2D eigenvalue weighted by atomic mass is 10.0. The molecule has 2 N–H and O–H groups in total. The number of ether oxygens (including phenoxy) is 1. The zero-order chi connectivity index (χ0) is 12.1. The third kappa shape index (κ3) is 2.66. The average Bonchev–Trinajstić information content (AvgIpc) is 2.75. The molecular formula is C10H12O5S. The maximum absolute atomic E-state index is 11.2. The smallest absolute Gasteiger partial charge is 0.338 e. The maximum Gasteiger partial charge on any atom is 0.338 e. The Morgan fingerprint density at radius 3 is 2.81 bits per heavy atom. The lowest BCUT2D eigenvalue weighted by molar-refractivity contribution is -0.159. The summed E-state index contributed by atoms with van der Waals surface area (Å²) < 4.78 is 4.56. The summed E-state index contributed by atoms with van der Waals surface area (Å²) >= 11 is 1.21. The molecule has 1 aromatic rings. The maximum atomic E-state index is 11.2. The largest absolute Gasteiger partial charge is 0.464 e. The molecule has 5 nitrogen and oxygen atoms in total. The molecule has 0 saturated carbocycles. The number of aldehydes is 1. The van der Waals surface area contributed by atoms with Gasteiger partial charge in [-0.2, -0.15) is 11.3 Å². The molecule has 0 aliphatic carbocycles. The predicted octanol–water partition coefficient (Wildman–Crippen LogP) is 0.518. The summed E-state index contributed by atoms with van der Waals surface area (Å²) in [4.78, 5) is 21.8. The van der Waals surface area contributed by atoms with Crippen molar-refractivity contribution in [2.75, 3.05) is 6.61 Å². The van der Waals surface area contributed by atoms with E-state index in [1.165, 1.54) is 22.1 Å². The number of carbonyl (C=O) groups is 2. The lowest BCUT2D eigenvalue weighted by Gasteiger charge is -2.15. The fourth-order valence-corrected chi connectivity index (χ4v) is 2.01. The summed E-state index contributed by atoms with van der Waals surface area (Å²) in [5.74, 6) is -0.905. The normalized spacial score (nSPS) is 14.2. The van der Waals surface area contributed by atoms with Crippen LogP contribution < -0.4 is 0 Å². The van der Waals surface area contributed by atoms with Crippen LogP contribution in [0, 0.1) is 0 Å². The Balaban J connectivity index is 2.81. The van der Waals surface area contributed by atoms with Gasteiger partial charge in [-0.1, -0.05) is 0 Å². The molecule has 88 valence electrons. The number of rotatable bonds is 5. The minimum absolute atomic E-state index is 0.118.